The lowest BCUT2D eigenvalue weighted by molar-refractivity contribution is 0.0792. The van der Waals surface area contributed by atoms with Gasteiger partial charge >= 0.3 is 0 Å². The number of hydrogen-bond donors (Lipinski definition) is 0. The molecule has 0 aromatic heterocycles. The lowest BCUT2D eigenvalue weighted by Gasteiger charge is -2.15. The number of hydrogen-bond acceptors (Lipinski definition) is 2. The van der Waals surface area contributed by atoms with E-state index in [4.69, 9.17) is 5.26 Å². The van der Waals surface area contributed by atoms with Crippen molar-refractivity contribution >= 4 is 21.8 Å². The van der Waals surface area contributed by atoms with E-state index in [2.05, 4.69) is 22.0 Å². The highest BCUT2D eigenvalue weighted by Crippen LogP contribution is 2.21. The summed E-state index contributed by atoms with van der Waals surface area (Å²) >= 11 is 3.39. The van der Waals surface area contributed by atoms with Crippen molar-refractivity contribution in [3.63, 3.8) is 0 Å². The maximum Gasteiger partial charge on any atom is 0.253 e. The molecule has 88 valence electrons. The van der Waals surface area contributed by atoms with Crippen molar-refractivity contribution in [2.75, 3.05) is 13.1 Å². The molecule has 1 saturated heterocycles. The van der Waals surface area contributed by atoms with Crippen LogP contribution < -0.4 is 0 Å². The van der Waals surface area contributed by atoms with Crippen molar-refractivity contribution in [3.8, 4) is 6.07 Å². The lowest BCUT2D eigenvalue weighted by atomic mass is 10.1. The standard InChI is InChI=1S/C13H13BrN2O/c14-12-4-3-11(9-10(12)5-6-15)13(17)16-7-1-2-8-16/h3-4,9H,1-2,5,7-8H2. The number of benzene rings is 1. The predicted molar refractivity (Wildman–Crippen MR) is 68.6 cm³/mol. The summed E-state index contributed by atoms with van der Waals surface area (Å²) in [5.41, 5.74) is 1.55. The highest BCUT2D eigenvalue weighted by molar-refractivity contribution is 9.10. The summed E-state index contributed by atoms with van der Waals surface area (Å²) in [6.07, 6.45) is 2.50. The Labute approximate surface area is 109 Å². The highest BCUT2D eigenvalue weighted by atomic mass is 79.9. The number of amides is 1. The number of halogens is 1. The summed E-state index contributed by atoms with van der Waals surface area (Å²) in [6.45, 7) is 1.70. The second-order valence-electron chi connectivity index (χ2n) is 4.14. The van der Waals surface area contributed by atoms with Crippen LogP contribution in [0.2, 0.25) is 0 Å². The van der Waals surface area contributed by atoms with Crippen LogP contribution in [0.4, 0.5) is 0 Å². The minimum atomic E-state index is 0.0780. The van der Waals surface area contributed by atoms with Crippen molar-refractivity contribution in [1.29, 1.82) is 5.26 Å². The lowest BCUT2D eigenvalue weighted by Crippen LogP contribution is -2.27. The number of nitrogens with zero attached hydrogens (tertiary/aromatic N) is 2. The van der Waals surface area contributed by atoms with E-state index in [1.807, 2.05) is 23.1 Å². The number of carbonyl (C=O) groups is 1. The molecule has 4 heteroatoms. The molecule has 0 unspecified atom stereocenters. The Hall–Kier alpha value is -1.34. The van der Waals surface area contributed by atoms with Gasteiger partial charge in [0.15, 0.2) is 0 Å². The first-order valence-electron chi connectivity index (χ1n) is 5.67. The van der Waals surface area contributed by atoms with Gasteiger partial charge in [0.2, 0.25) is 0 Å². The van der Waals surface area contributed by atoms with Gasteiger partial charge in [0.05, 0.1) is 12.5 Å². The van der Waals surface area contributed by atoms with E-state index < -0.39 is 0 Å². The zero-order chi connectivity index (χ0) is 12.3. The smallest absolute Gasteiger partial charge is 0.253 e. The normalized spacial score (nSPS) is 14.7. The van der Waals surface area contributed by atoms with E-state index in [0.29, 0.717) is 12.0 Å². The molecule has 0 bridgehead atoms. The molecule has 0 radical (unpaired) electrons. The van der Waals surface area contributed by atoms with Crippen LogP contribution in [0.1, 0.15) is 28.8 Å². The third-order valence-corrected chi connectivity index (χ3v) is 3.73. The van der Waals surface area contributed by atoms with Gasteiger partial charge in [0.1, 0.15) is 0 Å². The van der Waals surface area contributed by atoms with Crippen LogP contribution in [0.25, 0.3) is 0 Å². The molecule has 1 fully saturated rings. The topological polar surface area (TPSA) is 44.1 Å². The molecule has 1 aromatic carbocycles. The van der Waals surface area contributed by atoms with Crippen molar-refractivity contribution < 1.29 is 4.79 Å². The quantitative estimate of drug-likeness (QED) is 0.841. The number of carbonyl (C=O) groups excluding carboxylic acids is 1. The van der Waals surface area contributed by atoms with E-state index in [1.165, 1.54) is 0 Å². The molecule has 0 saturated carbocycles. The minimum absolute atomic E-state index is 0.0780. The third kappa shape index (κ3) is 2.67. The first kappa shape index (κ1) is 12.1. The number of likely N-dealkylation sites (tertiary alicyclic amines) is 1. The molecule has 1 amide bonds. The molecule has 1 aliphatic rings. The van der Waals surface area contributed by atoms with Crippen LogP contribution in [-0.2, 0) is 6.42 Å². The van der Waals surface area contributed by atoms with Crippen molar-refractivity contribution in [2.24, 2.45) is 0 Å². The van der Waals surface area contributed by atoms with Gasteiger partial charge in [-0.1, -0.05) is 15.9 Å². The van der Waals surface area contributed by atoms with E-state index in [9.17, 15) is 4.79 Å². The minimum Gasteiger partial charge on any atom is -0.339 e. The molecular formula is C13H13BrN2O. The number of rotatable bonds is 2. The maximum absolute atomic E-state index is 12.1. The Balaban J connectivity index is 2.23. The van der Waals surface area contributed by atoms with Gasteiger partial charge in [-0.15, -0.1) is 0 Å². The zero-order valence-corrected chi connectivity index (χ0v) is 11.0. The summed E-state index contributed by atoms with van der Waals surface area (Å²) < 4.78 is 0.886. The van der Waals surface area contributed by atoms with Gasteiger partial charge in [0, 0.05) is 23.1 Å². The molecule has 2 rings (SSSR count). The average molecular weight is 293 g/mol. The van der Waals surface area contributed by atoms with Gasteiger partial charge in [-0.05, 0) is 36.6 Å². The summed E-state index contributed by atoms with van der Waals surface area (Å²) in [5, 5.41) is 8.72. The first-order valence-corrected chi connectivity index (χ1v) is 6.46. The largest absolute Gasteiger partial charge is 0.339 e. The molecule has 1 aromatic rings. The fraction of sp³-hybridized carbons (Fsp3) is 0.385. The Morgan fingerprint density at radius 3 is 2.76 bits per heavy atom. The van der Waals surface area contributed by atoms with Crippen LogP contribution in [0.15, 0.2) is 22.7 Å². The second kappa shape index (κ2) is 5.33. The third-order valence-electron chi connectivity index (χ3n) is 2.96. The van der Waals surface area contributed by atoms with Crippen LogP contribution in [0.5, 0.6) is 0 Å². The summed E-state index contributed by atoms with van der Waals surface area (Å²) in [6, 6.07) is 7.57. The molecule has 0 N–H and O–H groups in total. The van der Waals surface area contributed by atoms with E-state index in [-0.39, 0.29) is 5.91 Å². The van der Waals surface area contributed by atoms with Gasteiger partial charge in [0.25, 0.3) is 5.91 Å². The van der Waals surface area contributed by atoms with Gasteiger partial charge < -0.3 is 4.90 Å². The van der Waals surface area contributed by atoms with E-state index in [1.54, 1.807) is 0 Å². The van der Waals surface area contributed by atoms with Gasteiger partial charge in [-0.3, -0.25) is 4.79 Å². The summed E-state index contributed by atoms with van der Waals surface area (Å²) in [5.74, 6) is 0.0780. The van der Waals surface area contributed by atoms with Crippen LogP contribution in [0, 0.1) is 11.3 Å². The Morgan fingerprint density at radius 1 is 1.41 bits per heavy atom. The number of nitriles is 1. The van der Waals surface area contributed by atoms with Gasteiger partial charge in [-0.25, -0.2) is 0 Å². The molecule has 1 heterocycles. The zero-order valence-electron chi connectivity index (χ0n) is 9.45. The molecule has 1 aliphatic heterocycles. The van der Waals surface area contributed by atoms with E-state index in [0.717, 1.165) is 36.0 Å². The Bertz CT molecular complexity index is 473. The summed E-state index contributed by atoms with van der Waals surface area (Å²) in [4.78, 5) is 14.0. The SMILES string of the molecule is N#CCc1cc(C(=O)N2CCCC2)ccc1Br. The molecule has 17 heavy (non-hydrogen) atoms. The molecular weight excluding hydrogens is 280 g/mol. The van der Waals surface area contributed by atoms with Crippen LogP contribution >= 0.6 is 15.9 Å². The molecule has 3 nitrogen and oxygen atoms in total. The Kier molecular flexibility index (Phi) is 3.80. The van der Waals surface area contributed by atoms with Crippen LogP contribution in [0.3, 0.4) is 0 Å². The average Bonchev–Trinajstić information content (AvgIpc) is 2.85. The fourth-order valence-corrected chi connectivity index (χ4v) is 2.42. The van der Waals surface area contributed by atoms with Crippen LogP contribution in [-0.4, -0.2) is 23.9 Å². The fourth-order valence-electron chi connectivity index (χ4n) is 2.03. The maximum atomic E-state index is 12.1. The monoisotopic (exact) mass is 292 g/mol. The Morgan fingerprint density at radius 2 is 2.12 bits per heavy atom. The first-order chi connectivity index (χ1) is 8.22. The highest BCUT2D eigenvalue weighted by Gasteiger charge is 2.19. The van der Waals surface area contributed by atoms with E-state index >= 15 is 0 Å². The van der Waals surface area contributed by atoms with Gasteiger partial charge in [-0.2, -0.15) is 5.26 Å². The second-order valence-corrected chi connectivity index (χ2v) is 4.99. The summed E-state index contributed by atoms with van der Waals surface area (Å²) in [7, 11) is 0. The van der Waals surface area contributed by atoms with Crippen molar-refractivity contribution in [2.45, 2.75) is 19.3 Å². The molecule has 0 aliphatic carbocycles. The van der Waals surface area contributed by atoms with Crippen molar-refractivity contribution in [1.82, 2.24) is 4.90 Å². The predicted octanol–water partition coefficient (Wildman–Crippen LogP) is 2.75. The molecule has 0 atom stereocenters. The molecule has 0 spiro atoms. The van der Waals surface area contributed by atoms with Crippen molar-refractivity contribution in [3.05, 3.63) is 33.8 Å².